The molecule has 0 saturated carbocycles. The molecule has 0 bridgehead atoms. The molecule has 1 aromatic heterocycles. The molecule has 7 nitrogen and oxygen atoms in total. The number of carbonyl (C=O) groups excluding carboxylic acids is 1. The maximum absolute atomic E-state index is 14.0. The summed E-state index contributed by atoms with van der Waals surface area (Å²) in [6.07, 6.45) is 0. The fraction of sp³-hybridized carbons (Fsp3) is 0.105. The highest BCUT2D eigenvalue weighted by molar-refractivity contribution is 8.15. The minimum Gasteiger partial charge on any atom is -0.318 e. The van der Waals surface area contributed by atoms with Gasteiger partial charge in [-0.05, 0) is 48.2 Å². The van der Waals surface area contributed by atoms with Gasteiger partial charge in [-0.15, -0.1) is 15.7 Å². The average Bonchev–Trinajstić information content (AvgIpc) is 3.32. The van der Waals surface area contributed by atoms with Crippen LogP contribution >= 0.6 is 23.1 Å². The SMILES string of the molecule is O=C(Nc1nc(-c2cc(F)ccc2F)cs1)c1ccc2c(c1)SC1=NS(=O)(=O)CCN12. The number of rotatable bonds is 3. The van der Waals surface area contributed by atoms with Crippen molar-refractivity contribution in [2.75, 3.05) is 22.5 Å². The molecule has 12 heteroatoms. The molecule has 1 amide bonds. The lowest BCUT2D eigenvalue weighted by Crippen LogP contribution is -2.35. The normalized spacial score (nSPS) is 16.5. The molecule has 0 aliphatic carbocycles. The molecule has 0 saturated heterocycles. The van der Waals surface area contributed by atoms with Crippen LogP contribution in [0, 0.1) is 11.6 Å². The number of aromatic nitrogens is 1. The highest BCUT2D eigenvalue weighted by Crippen LogP contribution is 2.42. The lowest BCUT2D eigenvalue weighted by Gasteiger charge is -2.22. The zero-order chi connectivity index (χ0) is 21.8. The third kappa shape index (κ3) is 3.82. The van der Waals surface area contributed by atoms with Crippen molar-refractivity contribution in [2.24, 2.45) is 4.40 Å². The molecular formula is C19H12F2N4O3S3. The van der Waals surface area contributed by atoms with Gasteiger partial charge in [-0.1, -0.05) is 0 Å². The van der Waals surface area contributed by atoms with E-state index in [0.29, 0.717) is 17.3 Å². The van der Waals surface area contributed by atoms with E-state index in [0.717, 1.165) is 40.1 Å². The number of nitrogens with zero attached hydrogens (tertiary/aromatic N) is 3. The van der Waals surface area contributed by atoms with Gasteiger partial charge in [0.25, 0.3) is 15.9 Å². The maximum atomic E-state index is 14.0. The lowest BCUT2D eigenvalue weighted by atomic mass is 10.1. The third-order valence-corrected chi connectivity index (χ3v) is 7.73. The van der Waals surface area contributed by atoms with Crippen LogP contribution in [0.2, 0.25) is 0 Å². The number of fused-ring (bicyclic) bond motifs is 3. The summed E-state index contributed by atoms with van der Waals surface area (Å²) in [7, 11) is -3.46. The predicted molar refractivity (Wildman–Crippen MR) is 116 cm³/mol. The first kappa shape index (κ1) is 20.1. The summed E-state index contributed by atoms with van der Waals surface area (Å²) in [6, 6.07) is 8.12. The number of amides is 1. The number of anilines is 2. The number of amidine groups is 1. The van der Waals surface area contributed by atoms with Crippen molar-refractivity contribution in [2.45, 2.75) is 4.90 Å². The molecule has 2 aliphatic heterocycles. The number of sulfonamides is 1. The van der Waals surface area contributed by atoms with Crippen molar-refractivity contribution < 1.29 is 22.0 Å². The molecule has 0 radical (unpaired) electrons. The molecule has 3 heterocycles. The molecule has 5 rings (SSSR count). The molecule has 0 unspecified atom stereocenters. The molecule has 2 aromatic carbocycles. The van der Waals surface area contributed by atoms with Gasteiger partial charge in [0.1, 0.15) is 11.6 Å². The third-order valence-electron chi connectivity index (χ3n) is 4.66. The van der Waals surface area contributed by atoms with Gasteiger partial charge in [0.2, 0.25) is 0 Å². The summed E-state index contributed by atoms with van der Waals surface area (Å²) >= 11 is 2.28. The Bertz CT molecular complexity index is 1370. The van der Waals surface area contributed by atoms with E-state index in [1.54, 1.807) is 18.2 Å². The maximum Gasteiger partial charge on any atom is 0.257 e. The van der Waals surface area contributed by atoms with E-state index in [9.17, 15) is 22.0 Å². The summed E-state index contributed by atoms with van der Waals surface area (Å²) in [6.45, 7) is 0.311. The fourth-order valence-electron chi connectivity index (χ4n) is 3.19. The topological polar surface area (TPSA) is 91.7 Å². The van der Waals surface area contributed by atoms with Crippen molar-refractivity contribution >= 4 is 55.0 Å². The van der Waals surface area contributed by atoms with Crippen LogP contribution in [0.15, 0.2) is 51.1 Å². The standard InChI is InChI=1S/C19H12F2N4O3S3/c20-11-2-3-13(21)12(8-11)14-9-29-18(22-14)23-17(26)10-1-4-15-16(7-10)30-19-24-31(27,28)6-5-25(15)19/h1-4,7-9H,5-6H2,(H,22,23,26). The Balaban J connectivity index is 1.36. The van der Waals surface area contributed by atoms with E-state index in [2.05, 4.69) is 14.7 Å². The second-order valence-corrected chi connectivity index (χ2v) is 10.3. The van der Waals surface area contributed by atoms with Crippen LogP contribution in [0.4, 0.5) is 19.6 Å². The van der Waals surface area contributed by atoms with Crippen molar-refractivity contribution in [3.63, 3.8) is 0 Å². The fourth-order valence-corrected chi connectivity index (χ4v) is 6.19. The molecule has 0 spiro atoms. The Morgan fingerprint density at radius 2 is 2.00 bits per heavy atom. The van der Waals surface area contributed by atoms with E-state index in [1.807, 2.05) is 4.90 Å². The zero-order valence-corrected chi connectivity index (χ0v) is 18.0. The largest absolute Gasteiger partial charge is 0.318 e. The Morgan fingerprint density at radius 3 is 2.84 bits per heavy atom. The number of halogens is 2. The quantitative estimate of drug-likeness (QED) is 0.613. The smallest absolute Gasteiger partial charge is 0.257 e. The van der Waals surface area contributed by atoms with Crippen LogP contribution < -0.4 is 10.2 Å². The number of nitrogens with one attached hydrogen (secondary N) is 1. The van der Waals surface area contributed by atoms with Crippen LogP contribution in [-0.4, -0.2) is 36.8 Å². The molecule has 2 aliphatic rings. The van der Waals surface area contributed by atoms with Gasteiger partial charge in [-0.3, -0.25) is 10.1 Å². The summed E-state index contributed by atoms with van der Waals surface area (Å²) < 4.78 is 54.6. The van der Waals surface area contributed by atoms with Gasteiger partial charge < -0.3 is 4.90 Å². The zero-order valence-electron chi connectivity index (χ0n) is 15.5. The van der Waals surface area contributed by atoms with Gasteiger partial charge >= 0.3 is 0 Å². The summed E-state index contributed by atoms with van der Waals surface area (Å²) in [4.78, 5) is 19.4. The Labute approximate surface area is 183 Å². The second-order valence-electron chi connectivity index (χ2n) is 6.71. The van der Waals surface area contributed by atoms with Crippen LogP contribution in [0.3, 0.4) is 0 Å². The van der Waals surface area contributed by atoms with Crippen LogP contribution in [0.1, 0.15) is 10.4 Å². The van der Waals surface area contributed by atoms with Crippen molar-refractivity contribution in [3.8, 4) is 11.3 Å². The lowest BCUT2D eigenvalue weighted by molar-refractivity contribution is 0.102. The highest BCUT2D eigenvalue weighted by Gasteiger charge is 2.33. The minimum absolute atomic E-state index is 0.0121. The summed E-state index contributed by atoms with van der Waals surface area (Å²) in [5.74, 6) is -1.68. The number of thiazole rings is 1. The minimum atomic E-state index is -3.46. The number of benzene rings is 2. The molecule has 3 aromatic rings. The van der Waals surface area contributed by atoms with Crippen LogP contribution in [-0.2, 0) is 10.0 Å². The molecule has 1 N–H and O–H groups in total. The molecule has 158 valence electrons. The van der Waals surface area contributed by atoms with Gasteiger partial charge in [-0.25, -0.2) is 22.2 Å². The van der Waals surface area contributed by atoms with Gasteiger partial charge in [-0.2, -0.15) is 0 Å². The van der Waals surface area contributed by atoms with Crippen molar-refractivity contribution in [1.29, 1.82) is 0 Å². The van der Waals surface area contributed by atoms with E-state index >= 15 is 0 Å². The first-order valence-corrected chi connectivity index (χ1v) is 12.2. The van der Waals surface area contributed by atoms with Crippen molar-refractivity contribution in [3.05, 3.63) is 59.0 Å². The number of carbonyl (C=O) groups is 1. The van der Waals surface area contributed by atoms with Crippen LogP contribution in [0.5, 0.6) is 0 Å². The van der Waals surface area contributed by atoms with E-state index < -0.39 is 27.6 Å². The summed E-state index contributed by atoms with van der Waals surface area (Å²) in [5, 5.41) is 4.80. The molecule has 0 atom stereocenters. The Morgan fingerprint density at radius 1 is 1.16 bits per heavy atom. The number of thioether (sulfide) groups is 1. The summed E-state index contributed by atoms with van der Waals surface area (Å²) in [5.41, 5.74) is 1.38. The van der Waals surface area contributed by atoms with Crippen LogP contribution in [0.25, 0.3) is 11.3 Å². The highest BCUT2D eigenvalue weighted by atomic mass is 32.2. The second kappa shape index (κ2) is 7.39. The van der Waals surface area contributed by atoms with E-state index in [-0.39, 0.29) is 22.1 Å². The molecule has 0 fully saturated rings. The Kier molecular flexibility index (Phi) is 4.79. The number of hydrogen-bond donors (Lipinski definition) is 1. The van der Waals surface area contributed by atoms with Crippen molar-refractivity contribution in [1.82, 2.24) is 4.98 Å². The van der Waals surface area contributed by atoms with E-state index in [4.69, 9.17) is 0 Å². The molecular weight excluding hydrogens is 466 g/mol. The first-order chi connectivity index (χ1) is 14.8. The number of hydrogen-bond acceptors (Lipinski definition) is 7. The monoisotopic (exact) mass is 478 g/mol. The average molecular weight is 479 g/mol. The molecule has 31 heavy (non-hydrogen) atoms. The first-order valence-electron chi connectivity index (χ1n) is 8.93. The predicted octanol–water partition coefficient (Wildman–Crippen LogP) is 3.95. The van der Waals surface area contributed by atoms with Gasteiger partial charge in [0.05, 0.1) is 17.1 Å². The van der Waals surface area contributed by atoms with Gasteiger partial charge in [0.15, 0.2) is 10.3 Å². The van der Waals surface area contributed by atoms with Gasteiger partial charge in [0, 0.05) is 27.9 Å². The Hall–Kier alpha value is -2.83. The van der Waals surface area contributed by atoms with E-state index in [1.165, 1.54) is 17.1 Å².